The molecule has 180 valence electrons. The summed E-state index contributed by atoms with van der Waals surface area (Å²) in [6.45, 7) is 10.3. The Kier molecular flexibility index (Phi) is 6.20. The summed E-state index contributed by atoms with van der Waals surface area (Å²) in [5, 5.41) is 12.0. The van der Waals surface area contributed by atoms with Crippen molar-refractivity contribution < 1.29 is 14.3 Å². The lowest BCUT2D eigenvalue weighted by atomic mass is 10.1. The van der Waals surface area contributed by atoms with Crippen LogP contribution in [-0.2, 0) is 16.1 Å². The van der Waals surface area contributed by atoms with Gasteiger partial charge in [0, 0.05) is 31.0 Å². The first-order valence-corrected chi connectivity index (χ1v) is 11.8. The van der Waals surface area contributed by atoms with Crippen LogP contribution in [0.15, 0.2) is 10.9 Å². The number of hydrogen-bond acceptors (Lipinski definition) is 6. The Balaban J connectivity index is 1.47. The van der Waals surface area contributed by atoms with Gasteiger partial charge >= 0.3 is 6.09 Å². The van der Waals surface area contributed by atoms with Gasteiger partial charge < -0.3 is 15.0 Å². The topological polar surface area (TPSA) is 111 Å². The van der Waals surface area contributed by atoms with Gasteiger partial charge in [-0.1, -0.05) is 13.8 Å². The van der Waals surface area contributed by atoms with Crippen molar-refractivity contribution in [2.45, 2.75) is 90.3 Å². The number of carbonyl (C=O) groups is 2. The lowest BCUT2D eigenvalue weighted by molar-refractivity contribution is -0.123. The largest absolute Gasteiger partial charge is 0.444 e. The molecule has 3 heterocycles. The molecule has 33 heavy (non-hydrogen) atoms. The van der Waals surface area contributed by atoms with Gasteiger partial charge in [-0.05, 0) is 52.5 Å². The number of ether oxygens (including phenoxy) is 1. The molecule has 0 bridgehead atoms. The van der Waals surface area contributed by atoms with E-state index in [2.05, 4.69) is 15.5 Å². The second-order valence-corrected chi connectivity index (χ2v) is 10.4. The molecule has 2 aromatic heterocycles. The SMILES string of the molecule is CC(C)c1nn(CC(=O)N[C@@H]2CCCN(C(=O)OC(C)(C)C)C2)c(=O)c2cc(C3CC3)nn12. The zero-order valence-electron chi connectivity index (χ0n) is 20.1. The Morgan fingerprint density at radius 2 is 1.94 bits per heavy atom. The third-order valence-electron chi connectivity index (χ3n) is 5.87. The number of nitrogens with one attached hydrogen (secondary N) is 1. The number of hydrogen-bond donors (Lipinski definition) is 1. The monoisotopic (exact) mass is 458 g/mol. The van der Waals surface area contributed by atoms with Crippen LogP contribution in [-0.4, -0.2) is 61.0 Å². The van der Waals surface area contributed by atoms with Crippen molar-refractivity contribution in [3.8, 4) is 0 Å². The van der Waals surface area contributed by atoms with Crippen molar-refractivity contribution in [1.29, 1.82) is 0 Å². The molecule has 0 unspecified atom stereocenters. The van der Waals surface area contributed by atoms with Crippen molar-refractivity contribution in [3.63, 3.8) is 0 Å². The first kappa shape index (κ1) is 23.3. The summed E-state index contributed by atoms with van der Waals surface area (Å²) in [5.41, 5.74) is 0.479. The Morgan fingerprint density at radius 3 is 2.58 bits per heavy atom. The molecule has 1 N–H and O–H groups in total. The van der Waals surface area contributed by atoms with Crippen molar-refractivity contribution in [2.24, 2.45) is 0 Å². The fourth-order valence-corrected chi connectivity index (χ4v) is 4.11. The first-order valence-electron chi connectivity index (χ1n) is 11.8. The summed E-state index contributed by atoms with van der Waals surface area (Å²) in [6, 6.07) is 1.64. The summed E-state index contributed by atoms with van der Waals surface area (Å²) in [7, 11) is 0. The molecule has 1 atom stereocenters. The minimum absolute atomic E-state index is 0.0371. The Hall–Kier alpha value is -2.91. The molecule has 10 heteroatoms. The van der Waals surface area contributed by atoms with E-state index in [1.54, 1.807) is 9.42 Å². The van der Waals surface area contributed by atoms with Crippen molar-refractivity contribution in [3.05, 3.63) is 27.9 Å². The van der Waals surface area contributed by atoms with Crippen LogP contribution in [0.5, 0.6) is 0 Å². The molecule has 2 aromatic rings. The lowest BCUT2D eigenvalue weighted by Crippen LogP contribution is -2.51. The van der Waals surface area contributed by atoms with Crippen LogP contribution in [0.1, 0.15) is 83.7 Å². The van der Waals surface area contributed by atoms with Gasteiger partial charge in [0.15, 0.2) is 5.82 Å². The van der Waals surface area contributed by atoms with E-state index in [0.717, 1.165) is 31.4 Å². The molecule has 0 aromatic carbocycles. The fraction of sp³-hybridized carbons (Fsp3) is 0.696. The minimum Gasteiger partial charge on any atom is -0.444 e. The number of fused-ring (bicyclic) bond motifs is 1. The zero-order chi connectivity index (χ0) is 23.9. The molecule has 1 saturated carbocycles. The Morgan fingerprint density at radius 1 is 1.21 bits per heavy atom. The lowest BCUT2D eigenvalue weighted by Gasteiger charge is -2.34. The number of rotatable bonds is 5. The summed E-state index contributed by atoms with van der Waals surface area (Å²) >= 11 is 0. The number of aromatic nitrogens is 4. The molecule has 2 fully saturated rings. The highest BCUT2D eigenvalue weighted by Crippen LogP contribution is 2.39. The fourth-order valence-electron chi connectivity index (χ4n) is 4.11. The number of carbonyl (C=O) groups excluding carboxylic acids is 2. The smallest absolute Gasteiger partial charge is 0.410 e. The second-order valence-electron chi connectivity index (χ2n) is 10.4. The molecule has 0 spiro atoms. The van der Waals surface area contributed by atoms with E-state index in [-0.39, 0.29) is 36.1 Å². The molecular formula is C23H34N6O4. The number of amides is 2. The third kappa shape index (κ3) is 5.36. The van der Waals surface area contributed by atoms with Crippen LogP contribution in [0.4, 0.5) is 4.79 Å². The Bertz CT molecular complexity index is 1110. The summed E-state index contributed by atoms with van der Waals surface area (Å²) in [5.74, 6) is 0.801. The van der Waals surface area contributed by atoms with E-state index in [1.165, 1.54) is 4.68 Å². The number of piperidine rings is 1. The Labute approximate surface area is 193 Å². The van der Waals surface area contributed by atoms with Crippen molar-refractivity contribution in [2.75, 3.05) is 13.1 Å². The first-order chi connectivity index (χ1) is 15.5. The molecular weight excluding hydrogens is 424 g/mol. The quantitative estimate of drug-likeness (QED) is 0.737. The minimum atomic E-state index is -0.570. The maximum absolute atomic E-state index is 13.1. The average Bonchev–Trinajstić information content (AvgIpc) is 3.47. The highest BCUT2D eigenvalue weighted by Gasteiger charge is 2.30. The van der Waals surface area contributed by atoms with Gasteiger partial charge in [0.05, 0.1) is 5.69 Å². The van der Waals surface area contributed by atoms with Crippen molar-refractivity contribution >= 4 is 17.5 Å². The van der Waals surface area contributed by atoms with Gasteiger partial charge in [0.25, 0.3) is 5.56 Å². The van der Waals surface area contributed by atoms with E-state index >= 15 is 0 Å². The number of nitrogens with zero attached hydrogens (tertiary/aromatic N) is 5. The third-order valence-corrected chi connectivity index (χ3v) is 5.87. The van der Waals surface area contributed by atoms with Gasteiger partial charge in [-0.15, -0.1) is 0 Å². The second kappa shape index (κ2) is 8.79. The van der Waals surface area contributed by atoms with Crippen LogP contribution in [0.25, 0.3) is 5.52 Å². The maximum Gasteiger partial charge on any atom is 0.410 e. The van der Waals surface area contributed by atoms with Crippen molar-refractivity contribution in [1.82, 2.24) is 29.6 Å². The predicted molar refractivity (Wildman–Crippen MR) is 122 cm³/mol. The molecule has 1 aliphatic carbocycles. The average molecular weight is 459 g/mol. The van der Waals surface area contributed by atoms with E-state index in [0.29, 0.717) is 30.3 Å². The number of likely N-dealkylation sites (tertiary alicyclic amines) is 1. The maximum atomic E-state index is 13.1. The summed E-state index contributed by atoms with van der Waals surface area (Å²) < 4.78 is 8.31. The van der Waals surface area contributed by atoms with Crippen LogP contribution in [0.3, 0.4) is 0 Å². The molecule has 0 radical (unpaired) electrons. The zero-order valence-corrected chi connectivity index (χ0v) is 20.1. The van der Waals surface area contributed by atoms with Crippen LogP contribution in [0, 0.1) is 0 Å². The molecule has 4 rings (SSSR count). The highest BCUT2D eigenvalue weighted by molar-refractivity contribution is 5.76. The molecule has 10 nitrogen and oxygen atoms in total. The van der Waals surface area contributed by atoms with Gasteiger partial charge in [-0.25, -0.2) is 14.0 Å². The molecule has 2 amide bonds. The van der Waals surface area contributed by atoms with Crippen LogP contribution < -0.4 is 10.9 Å². The van der Waals surface area contributed by atoms with Crippen LogP contribution >= 0.6 is 0 Å². The van der Waals surface area contributed by atoms with Gasteiger partial charge in [0.1, 0.15) is 17.7 Å². The van der Waals surface area contributed by atoms with E-state index in [1.807, 2.05) is 40.7 Å². The van der Waals surface area contributed by atoms with Gasteiger partial charge in [-0.3, -0.25) is 9.59 Å². The van der Waals surface area contributed by atoms with E-state index in [4.69, 9.17) is 4.74 Å². The summed E-state index contributed by atoms with van der Waals surface area (Å²) in [4.78, 5) is 39.9. The van der Waals surface area contributed by atoms with Gasteiger partial charge in [0.2, 0.25) is 5.91 Å². The highest BCUT2D eigenvalue weighted by atomic mass is 16.6. The summed E-state index contributed by atoms with van der Waals surface area (Å²) in [6.07, 6.45) is 3.33. The normalized spacial score (nSPS) is 19.2. The van der Waals surface area contributed by atoms with E-state index < -0.39 is 5.60 Å². The van der Waals surface area contributed by atoms with E-state index in [9.17, 15) is 14.4 Å². The molecule has 2 aliphatic rings. The van der Waals surface area contributed by atoms with Gasteiger partial charge in [-0.2, -0.15) is 10.2 Å². The molecule has 1 saturated heterocycles. The molecule has 1 aliphatic heterocycles. The van der Waals surface area contributed by atoms with Crippen LogP contribution in [0.2, 0.25) is 0 Å². The standard InChI is InChI=1S/C23H34N6O4/c1-14(2)20-26-28(21(31)18-11-17(15-8-9-15)25-29(18)20)13-19(30)24-16-7-6-10-27(12-16)22(32)33-23(3,4)5/h11,14-16H,6-10,12-13H2,1-5H3,(H,24,30)/t16-/m1/s1. The predicted octanol–water partition coefficient (Wildman–Crippen LogP) is 2.41.